The van der Waals surface area contributed by atoms with Crippen molar-refractivity contribution in [3.8, 4) is 0 Å². The maximum atomic E-state index is 7.32. The molecule has 1 rings (SSSR count). The second kappa shape index (κ2) is 9.33. The Morgan fingerprint density at radius 1 is 0.818 bits per heavy atom. The Hall–Kier alpha value is -0.840. The fourth-order valence-corrected chi connectivity index (χ4v) is 4.03. The Balaban J connectivity index is 3.03. The van der Waals surface area contributed by atoms with Crippen LogP contribution in [0.25, 0.3) is 0 Å². The zero-order valence-corrected chi connectivity index (χ0v) is 15.6. The molecule has 1 aromatic carbocycles. The number of nitrogens with two attached hydrogens (primary N) is 3. The third kappa shape index (κ3) is 6.95. The zero-order chi connectivity index (χ0) is 16.7. The van der Waals surface area contributed by atoms with E-state index in [0.717, 1.165) is 21.2 Å². The van der Waals surface area contributed by atoms with E-state index in [0.29, 0.717) is 17.3 Å². The molecule has 0 aliphatic rings. The van der Waals surface area contributed by atoms with Crippen LogP contribution in [0.3, 0.4) is 0 Å². The van der Waals surface area contributed by atoms with Crippen molar-refractivity contribution in [3.05, 3.63) is 33.3 Å². The van der Waals surface area contributed by atoms with Crippen molar-refractivity contribution in [2.24, 2.45) is 17.2 Å². The molecule has 6 nitrogen and oxygen atoms in total. The van der Waals surface area contributed by atoms with Crippen LogP contribution in [0.5, 0.6) is 0 Å². The Morgan fingerprint density at radius 3 is 1.55 bits per heavy atom. The normalized spacial score (nSPS) is 10.4. The van der Waals surface area contributed by atoms with Gasteiger partial charge in [0, 0.05) is 21.7 Å². The van der Waals surface area contributed by atoms with Crippen molar-refractivity contribution in [1.82, 2.24) is 0 Å². The number of benzene rings is 1. The number of thioether (sulfide) groups is 3. The van der Waals surface area contributed by atoms with Crippen molar-refractivity contribution < 1.29 is 0 Å². The smallest absolute Gasteiger partial charge is 0.151 e. The average Bonchev–Trinajstić information content (AvgIpc) is 2.42. The summed E-state index contributed by atoms with van der Waals surface area (Å²) in [5.74, 6) is 1.75. The van der Waals surface area contributed by atoms with Crippen LogP contribution in [0.2, 0.25) is 0 Å². The summed E-state index contributed by atoms with van der Waals surface area (Å²) in [4.78, 5) is 0. The molecular formula is C12H17BrN6S3. The monoisotopic (exact) mass is 420 g/mol. The fraction of sp³-hybridized carbons (Fsp3) is 0.250. The van der Waals surface area contributed by atoms with Crippen LogP contribution < -0.4 is 17.2 Å². The Kier molecular flexibility index (Phi) is 8.15. The van der Waals surface area contributed by atoms with E-state index in [1.807, 2.05) is 12.1 Å². The maximum Gasteiger partial charge on any atom is 0.151 e. The van der Waals surface area contributed by atoms with E-state index in [4.69, 9.17) is 33.4 Å². The molecule has 0 bridgehead atoms. The second-order valence-electron chi connectivity index (χ2n) is 4.19. The van der Waals surface area contributed by atoms with Crippen molar-refractivity contribution in [2.75, 3.05) is 0 Å². The Morgan fingerprint density at radius 2 is 1.18 bits per heavy atom. The molecule has 0 saturated carbocycles. The molecule has 0 aliphatic heterocycles. The molecule has 0 amide bonds. The van der Waals surface area contributed by atoms with Gasteiger partial charge in [0.1, 0.15) is 0 Å². The van der Waals surface area contributed by atoms with Gasteiger partial charge in [-0.3, -0.25) is 16.2 Å². The van der Waals surface area contributed by atoms with E-state index < -0.39 is 0 Å². The molecule has 9 N–H and O–H groups in total. The highest BCUT2D eigenvalue weighted by Crippen LogP contribution is 2.31. The lowest BCUT2D eigenvalue weighted by Crippen LogP contribution is -2.07. The van der Waals surface area contributed by atoms with Gasteiger partial charge in [0.25, 0.3) is 0 Å². The van der Waals surface area contributed by atoms with Gasteiger partial charge in [-0.05, 0) is 16.7 Å². The van der Waals surface area contributed by atoms with Crippen LogP contribution in [0.4, 0.5) is 0 Å². The molecular weight excluding hydrogens is 404 g/mol. The van der Waals surface area contributed by atoms with E-state index in [-0.39, 0.29) is 15.5 Å². The van der Waals surface area contributed by atoms with Crippen LogP contribution in [0.15, 0.2) is 16.6 Å². The molecule has 0 aromatic heterocycles. The van der Waals surface area contributed by atoms with E-state index in [1.165, 1.54) is 35.3 Å². The second-order valence-corrected chi connectivity index (χ2v) is 8.03. The highest BCUT2D eigenvalue weighted by Gasteiger charge is 2.11. The van der Waals surface area contributed by atoms with E-state index in [2.05, 4.69) is 15.9 Å². The summed E-state index contributed by atoms with van der Waals surface area (Å²) in [6, 6.07) is 4.02. The third-order valence-corrected chi connectivity index (χ3v) is 5.78. The van der Waals surface area contributed by atoms with Crippen LogP contribution in [0, 0.1) is 16.2 Å². The Labute approximate surface area is 150 Å². The van der Waals surface area contributed by atoms with E-state index >= 15 is 0 Å². The van der Waals surface area contributed by atoms with Gasteiger partial charge >= 0.3 is 0 Å². The summed E-state index contributed by atoms with van der Waals surface area (Å²) in [5.41, 5.74) is 19.2. The molecule has 0 atom stereocenters. The number of rotatable bonds is 6. The van der Waals surface area contributed by atoms with Crippen molar-refractivity contribution in [3.63, 3.8) is 0 Å². The lowest BCUT2D eigenvalue weighted by molar-refractivity contribution is 1.24. The van der Waals surface area contributed by atoms with Gasteiger partial charge in [-0.1, -0.05) is 63.3 Å². The van der Waals surface area contributed by atoms with Gasteiger partial charge in [-0.15, -0.1) is 0 Å². The zero-order valence-electron chi connectivity index (χ0n) is 11.6. The van der Waals surface area contributed by atoms with Gasteiger partial charge in [0.2, 0.25) is 0 Å². The first kappa shape index (κ1) is 19.2. The molecule has 0 saturated heterocycles. The molecule has 0 spiro atoms. The quantitative estimate of drug-likeness (QED) is 0.307. The van der Waals surface area contributed by atoms with E-state index in [1.54, 1.807) is 0 Å². The number of halogens is 1. The molecule has 22 heavy (non-hydrogen) atoms. The maximum absolute atomic E-state index is 7.32. The summed E-state index contributed by atoms with van der Waals surface area (Å²) in [6.07, 6.45) is 0. The number of nitrogens with one attached hydrogen (secondary N) is 3. The van der Waals surface area contributed by atoms with Crippen LogP contribution >= 0.6 is 51.2 Å². The molecule has 0 radical (unpaired) electrons. The van der Waals surface area contributed by atoms with Crippen molar-refractivity contribution in [2.45, 2.75) is 17.3 Å². The number of amidine groups is 3. The van der Waals surface area contributed by atoms with Crippen LogP contribution in [0.1, 0.15) is 16.7 Å². The van der Waals surface area contributed by atoms with Gasteiger partial charge in [-0.2, -0.15) is 0 Å². The van der Waals surface area contributed by atoms with Gasteiger partial charge in [0.15, 0.2) is 15.5 Å². The number of hydrogen-bond acceptors (Lipinski definition) is 6. The molecule has 0 fully saturated rings. The fourth-order valence-electron chi connectivity index (χ4n) is 1.59. The topological polar surface area (TPSA) is 150 Å². The first-order valence-electron chi connectivity index (χ1n) is 6.00. The molecule has 0 unspecified atom stereocenters. The summed E-state index contributed by atoms with van der Waals surface area (Å²) in [7, 11) is 0. The summed E-state index contributed by atoms with van der Waals surface area (Å²) < 4.78 is 0.937. The minimum Gasteiger partial charge on any atom is -0.379 e. The predicted octanol–water partition coefficient (Wildman–Crippen LogP) is 2.83. The summed E-state index contributed by atoms with van der Waals surface area (Å²) in [5, 5.41) is 22.2. The Bertz CT molecular complexity index is 553. The molecule has 0 heterocycles. The standard InChI is InChI=1S/C12H17BrN6S3/c13-9-7(4-21-11(16)17)1-6(3-20-10(14)15)2-8(9)5-22-12(18)19/h1-2H,3-5H2,(H3,14,15)(H3,16,17)(H3,18,19). The molecule has 1 aromatic rings. The highest BCUT2D eigenvalue weighted by molar-refractivity contribution is 9.10. The molecule has 0 aliphatic carbocycles. The first-order valence-corrected chi connectivity index (χ1v) is 9.75. The predicted molar refractivity (Wildman–Crippen MR) is 104 cm³/mol. The summed E-state index contributed by atoms with van der Waals surface area (Å²) in [6.45, 7) is 0. The lowest BCUT2D eigenvalue weighted by atomic mass is 10.1. The third-order valence-electron chi connectivity index (χ3n) is 2.44. The number of hydrogen-bond donors (Lipinski definition) is 6. The van der Waals surface area contributed by atoms with Crippen molar-refractivity contribution >= 4 is 66.7 Å². The van der Waals surface area contributed by atoms with Crippen molar-refractivity contribution in [1.29, 1.82) is 16.2 Å². The highest BCUT2D eigenvalue weighted by atomic mass is 79.9. The SMILES string of the molecule is N=C(N)SCc1cc(CSC(=N)N)c(Br)c(CSC(=N)N)c1. The van der Waals surface area contributed by atoms with Gasteiger partial charge < -0.3 is 17.2 Å². The van der Waals surface area contributed by atoms with Crippen LogP contribution in [-0.2, 0) is 17.3 Å². The van der Waals surface area contributed by atoms with Crippen LogP contribution in [-0.4, -0.2) is 15.5 Å². The average molecular weight is 421 g/mol. The first-order chi connectivity index (χ1) is 10.3. The summed E-state index contributed by atoms with van der Waals surface area (Å²) >= 11 is 7.32. The molecule has 10 heteroatoms. The van der Waals surface area contributed by atoms with Gasteiger partial charge in [-0.25, -0.2) is 0 Å². The minimum atomic E-state index is 0.0649. The largest absolute Gasteiger partial charge is 0.379 e. The van der Waals surface area contributed by atoms with Gasteiger partial charge in [0.05, 0.1) is 0 Å². The minimum absolute atomic E-state index is 0.0649. The molecule has 120 valence electrons. The van der Waals surface area contributed by atoms with E-state index in [9.17, 15) is 0 Å². The lowest BCUT2D eigenvalue weighted by Gasteiger charge is -2.13.